The summed E-state index contributed by atoms with van der Waals surface area (Å²) in [6.45, 7) is 4.82. The minimum Gasteiger partial charge on any atom is -0.493 e. The van der Waals surface area contributed by atoms with E-state index in [1.807, 2.05) is 19.9 Å². The molecule has 1 aromatic heterocycles. The number of hydrogen-bond donors (Lipinski definition) is 0. The number of amides is 1. The van der Waals surface area contributed by atoms with Crippen LogP contribution in [0.5, 0.6) is 17.2 Å². The fourth-order valence-electron chi connectivity index (χ4n) is 2.54. The van der Waals surface area contributed by atoms with Crippen molar-refractivity contribution in [2.24, 2.45) is 0 Å². The largest absolute Gasteiger partial charge is 0.493 e. The van der Waals surface area contributed by atoms with Crippen LogP contribution in [0.4, 0.5) is 0 Å². The number of nitrogens with zero attached hydrogens (tertiary/aromatic N) is 2. The lowest BCUT2D eigenvalue weighted by molar-refractivity contribution is -0.131. The van der Waals surface area contributed by atoms with Crippen LogP contribution in [-0.2, 0) is 11.3 Å². The zero-order valence-corrected chi connectivity index (χ0v) is 15.3. The molecule has 136 valence electrons. The summed E-state index contributed by atoms with van der Waals surface area (Å²) in [7, 11) is 4.67. The summed E-state index contributed by atoms with van der Waals surface area (Å²) in [6, 6.07) is 5.40. The lowest BCUT2D eigenvalue weighted by Crippen LogP contribution is -2.29. The number of benzene rings is 1. The number of methoxy groups -OCH3 is 3. The van der Waals surface area contributed by atoms with E-state index >= 15 is 0 Å². The van der Waals surface area contributed by atoms with E-state index in [1.54, 1.807) is 38.4 Å². The lowest BCUT2D eigenvalue weighted by atomic mass is 10.1. The SMILES string of the molecule is CCC(=O)N(CC)Cc1cc(-c2cc(OC)c(OC)c(OC)c2)on1. The minimum atomic E-state index is 0.0832. The van der Waals surface area contributed by atoms with Crippen molar-refractivity contribution in [1.29, 1.82) is 0 Å². The topological polar surface area (TPSA) is 74.0 Å². The van der Waals surface area contributed by atoms with Gasteiger partial charge >= 0.3 is 0 Å². The summed E-state index contributed by atoms with van der Waals surface area (Å²) in [5.74, 6) is 2.23. The maximum Gasteiger partial charge on any atom is 0.222 e. The summed E-state index contributed by atoms with van der Waals surface area (Å²) in [5.41, 5.74) is 1.44. The van der Waals surface area contributed by atoms with Gasteiger partial charge in [0.1, 0.15) is 5.69 Å². The van der Waals surface area contributed by atoms with Crippen molar-refractivity contribution in [3.63, 3.8) is 0 Å². The van der Waals surface area contributed by atoms with E-state index in [2.05, 4.69) is 5.16 Å². The molecule has 25 heavy (non-hydrogen) atoms. The highest BCUT2D eigenvalue weighted by molar-refractivity contribution is 5.75. The monoisotopic (exact) mass is 348 g/mol. The first-order chi connectivity index (χ1) is 12.1. The van der Waals surface area contributed by atoms with Gasteiger partial charge in [0.05, 0.1) is 27.9 Å². The van der Waals surface area contributed by atoms with Gasteiger partial charge in [0, 0.05) is 24.6 Å². The van der Waals surface area contributed by atoms with E-state index in [0.29, 0.717) is 48.2 Å². The van der Waals surface area contributed by atoms with Gasteiger partial charge in [0.2, 0.25) is 11.7 Å². The van der Waals surface area contributed by atoms with Crippen molar-refractivity contribution in [1.82, 2.24) is 10.1 Å². The number of rotatable bonds is 8. The molecule has 2 aromatic rings. The van der Waals surface area contributed by atoms with Gasteiger partial charge in [0.25, 0.3) is 0 Å². The van der Waals surface area contributed by atoms with E-state index in [4.69, 9.17) is 18.7 Å². The molecule has 0 radical (unpaired) electrons. The molecule has 7 heteroatoms. The van der Waals surface area contributed by atoms with Crippen molar-refractivity contribution in [3.8, 4) is 28.6 Å². The van der Waals surface area contributed by atoms with Gasteiger partial charge in [-0.3, -0.25) is 4.79 Å². The van der Waals surface area contributed by atoms with Gasteiger partial charge < -0.3 is 23.6 Å². The molecule has 0 unspecified atom stereocenters. The van der Waals surface area contributed by atoms with E-state index in [-0.39, 0.29) is 5.91 Å². The molecule has 1 heterocycles. The van der Waals surface area contributed by atoms with Gasteiger partial charge in [-0.25, -0.2) is 0 Å². The smallest absolute Gasteiger partial charge is 0.222 e. The molecule has 2 rings (SSSR count). The fraction of sp³-hybridized carbons (Fsp3) is 0.444. The first kappa shape index (κ1) is 18.6. The maximum atomic E-state index is 11.9. The van der Waals surface area contributed by atoms with Crippen LogP contribution < -0.4 is 14.2 Å². The van der Waals surface area contributed by atoms with Crippen molar-refractivity contribution in [2.75, 3.05) is 27.9 Å². The average molecular weight is 348 g/mol. The summed E-state index contributed by atoms with van der Waals surface area (Å²) in [4.78, 5) is 13.6. The van der Waals surface area contributed by atoms with Gasteiger partial charge in [-0.05, 0) is 19.1 Å². The quantitative estimate of drug-likeness (QED) is 0.730. The molecule has 0 saturated heterocycles. The van der Waals surface area contributed by atoms with Crippen LogP contribution in [0.3, 0.4) is 0 Å². The van der Waals surface area contributed by atoms with Crippen LogP contribution in [0.25, 0.3) is 11.3 Å². The van der Waals surface area contributed by atoms with Crippen LogP contribution in [0.1, 0.15) is 26.0 Å². The number of carbonyl (C=O) groups excluding carboxylic acids is 1. The molecule has 0 aliphatic rings. The highest BCUT2D eigenvalue weighted by Crippen LogP contribution is 2.41. The Morgan fingerprint density at radius 3 is 2.20 bits per heavy atom. The Labute approximate surface area is 147 Å². The molecular weight excluding hydrogens is 324 g/mol. The van der Waals surface area contributed by atoms with Crippen LogP contribution in [0, 0.1) is 0 Å². The molecule has 1 aromatic carbocycles. The van der Waals surface area contributed by atoms with Crippen molar-refractivity contribution in [2.45, 2.75) is 26.8 Å². The first-order valence-electron chi connectivity index (χ1n) is 8.11. The van der Waals surface area contributed by atoms with E-state index in [1.165, 1.54) is 0 Å². The third-order valence-corrected chi connectivity index (χ3v) is 3.90. The van der Waals surface area contributed by atoms with Crippen molar-refractivity contribution < 1.29 is 23.5 Å². The Morgan fingerprint density at radius 2 is 1.72 bits per heavy atom. The van der Waals surface area contributed by atoms with E-state index in [9.17, 15) is 4.79 Å². The van der Waals surface area contributed by atoms with Crippen LogP contribution in [-0.4, -0.2) is 43.8 Å². The molecule has 0 bridgehead atoms. The number of ether oxygens (including phenoxy) is 3. The Hall–Kier alpha value is -2.70. The summed E-state index contributed by atoms with van der Waals surface area (Å²) in [5, 5.41) is 4.07. The van der Waals surface area contributed by atoms with Gasteiger partial charge in [-0.2, -0.15) is 0 Å². The second kappa shape index (κ2) is 8.41. The zero-order chi connectivity index (χ0) is 18.4. The second-order valence-corrected chi connectivity index (χ2v) is 5.36. The molecule has 0 fully saturated rings. The molecule has 7 nitrogen and oxygen atoms in total. The predicted molar refractivity (Wildman–Crippen MR) is 93.0 cm³/mol. The lowest BCUT2D eigenvalue weighted by Gasteiger charge is -2.18. The summed E-state index contributed by atoms with van der Waals surface area (Å²) in [6.07, 6.45) is 0.464. The molecule has 0 N–H and O–H groups in total. The number of hydrogen-bond acceptors (Lipinski definition) is 6. The molecule has 0 atom stereocenters. The Kier molecular flexibility index (Phi) is 6.27. The Balaban J connectivity index is 2.31. The molecule has 0 aliphatic carbocycles. The van der Waals surface area contributed by atoms with Crippen LogP contribution in [0.2, 0.25) is 0 Å². The first-order valence-corrected chi connectivity index (χ1v) is 8.11. The molecule has 0 spiro atoms. The molecule has 1 amide bonds. The van der Waals surface area contributed by atoms with Gasteiger partial charge in [-0.1, -0.05) is 12.1 Å². The normalized spacial score (nSPS) is 10.4. The fourth-order valence-corrected chi connectivity index (χ4v) is 2.54. The predicted octanol–water partition coefficient (Wildman–Crippen LogP) is 3.13. The molecule has 0 aliphatic heterocycles. The van der Waals surface area contributed by atoms with Crippen LogP contribution >= 0.6 is 0 Å². The standard InChI is InChI=1S/C18H24N2O5/c1-6-17(21)20(7-2)11-13-10-14(25-19-13)12-8-15(22-3)18(24-5)16(9-12)23-4/h8-10H,6-7,11H2,1-5H3. The van der Waals surface area contributed by atoms with Crippen LogP contribution in [0.15, 0.2) is 22.7 Å². The molecule has 0 saturated carbocycles. The Morgan fingerprint density at radius 1 is 1.08 bits per heavy atom. The summed E-state index contributed by atoms with van der Waals surface area (Å²) >= 11 is 0. The van der Waals surface area contributed by atoms with E-state index in [0.717, 1.165) is 5.56 Å². The van der Waals surface area contributed by atoms with Gasteiger partial charge in [0.15, 0.2) is 17.3 Å². The van der Waals surface area contributed by atoms with Crippen molar-refractivity contribution in [3.05, 3.63) is 23.9 Å². The zero-order valence-electron chi connectivity index (χ0n) is 15.3. The third-order valence-electron chi connectivity index (χ3n) is 3.90. The van der Waals surface area contributed by atoms with Crippen molar-refractivity contribution >= 4 is 5.91 Å². The average Bonchev–Trinajstić information content (AvgIpc) is 3.12. The third kappa shape index (κ3) is 4.04. The highest BCUT2D eigenvalue weighted by atomic mass is 16.5. The van der Waals surface area contributed by atoms with Gasteiger partial charge in [-0.15, -0.1) is 0 Å². The minimum absolute atomic E-state index is 0.0832. The second-order valence-electron chi connectivity index (χ2n) is 5.36. The van der Waals surface area contributed by atoms with E-state index < -0.39 is 0 Å². The Bertz CT molecular complexity index is 701. The molecular formula is C18H24N2O5. The maximum absolute atomic E-state index is 11.9. The number of aromatic nitrogens is 1. The summed E-state index contributed by atoms with van der Waals surface area (Å²) < 4.78 is 21.5. The number of carbonyl (C=O) groups is 1. The highest BCUT2D eigenvalue weighted by Gasteiger charge is 2.18.